The van der Waals surface area contributed by atoms with Crippen LogP contribution in [0.2, 0.25) is 0 Å². The smallest absolute Gasteiger partial charge is 0.408 e. The van der Waals surface area contributed by atoms with Crippen LogP contribution in [0.4, 0.5) is 21.9 Å². The van der Waals surface area contributed by atoms with Crippen LogP contribution in [0.25, 0.3) is 0 Å². The van der Waals surface area contributed by atoms with E-state index < -0.39 is 29.7 Å². The van der Waals surface area contributed by atoms with E-state index in [0.717, 1.165) is 11.3 Å². The predicted octanol–water partition coefficient (Wildman–Crippen LogP) is 6.54. The normalized spacial score (nSPS) is 13.1. The monoisotopic (exact) mass is 488 g/mol. The Bertz CT molecular complexity index is 1140. The number of hydrogen-bond donors (Lipinski definition) is 2. The summed E-state index contributed by atoms with van der Waals surface area (Å²) in [5, 5.41) is 13.9. The van der Waals surface area contributed by atoms with Gasteiger partial charge in [0.15, 0.2) is 0 Å². The fourth-order valence-corrected chi connectivity index (χ4v) is 3.17. The molecule has 3 aromatic carbocycles. The van der Waals surface area contributed by atoms with Gasteiger partial charge in [-0.2, -0.15) is 10.2 Å². The summed E-state index contributed by atoms with van der Waals surface area (Å²) in [5.74, 6) is -0.430. The van der Waals surface area contributed by atoms with Gasteiger partial charge in [0.05, 0.1) is 24.1 Å². The van der Waals surface area contributed by atoms with Gasteiger partial charge in [0.1, 0.15) is 11.6 Å². The maximum atomic E-state index is 13.2. The highest BCUT2D eigenvalue weighted by Gasteiger charge is 2.30. The van der Waals surface area contributed by atoms with Crippen LogP contribution < -0.4 is 10.6 Å². The van der Waals surface area contributed by atoms with Crippen LogP contribution in [0.1, 0.15) is 33.3 Å². The number of benzene rings is 3. The van der Waals surface area contributed by atoms with Gasteiger partial charge in [-0.25, -0.2) is 4.79 Å². The molecule has 36 heavy (non-hydrogen) atoms. The summed E-state index contributed by atoms with van der Waals surface area (Å²) in [4.78, 5) is 25.6. The van der Waals surface area contributed by atoms with E-state index in [1.54, 1.807) is 52.0 Å². The molecule has 0 aliphatic heterocycles. The van der Waals surface area contributed by atoms with E-state index in [1.807, 2.05) is 60.7 Å². The van der Waals surface area contributed by atoms with Crippen molar-refractivity contribution in [1.29, 1.82) is 0 Å². The van der Waals surface area contributed by atoms with E-state index in [-0.39, 0.29) is 0 Å². The molecule has 3 rings (SSSR count). The summed E-state index contributed by atoms with van der Waals surface area (Å²) in [6.07, 6.45) is -1.33. The zero-order valence-electron chi connectivity index (χ0n) is 21.0. The van der Waals surface area contributed by atoms with Gasteiger partial charge >= 0.3 is 6.09 Å². The van der Waals surface area contributed by atoms with Gasteiger partial charge in [-0.1, -0.05) is 48.5 Å². The van der Waals surface area contributed by atoms with Crippen LogP contribution in [-0.4, -0.2) is 29.7 Å². The van der Waals surface area contributed by atoms with Crippen LogP contribution >= 0.6 is 0 Å². The van der Waals surface area contributed by atoms with Crippen LogP contribution in [0.15, 0.2) is 95.2 Å². The number of anilines is 1. The van der Waals surface area contributed by atoms with Crippen LogP contribution in [-0.2, 0) is 20.9 Å². The summed E-state index contributed by atoms with van der Waals surface area (Å²) in [5.41, 5.74) is 2.19. The lowest BCUT2D eigenvalue weighted by Gasteiger charge is -2.27. The topological polar surface area (TPSA) is 101 Å². The number of hydrogen-bond acceptors (Lipinski definition) is 6. The molecule has 0 fully saturated rings. The lowest BCUT2D eigenvalue weighted by atomic mass is 10.1. The number of nitrogens with zero attached hydrogens (tertiary/aromatic N) is 2. The van der Waals surface area contributed by atoms with Crippen molar-refractivity contribution in [2.45, 2.75) is 52.0 Å². The number of nitrogens with one attached hydrogen (secondary N) is 2. The van der Waals surface area contributed by atoms with E-state index in [0.29, 0.717) is 18.0 Å². The van der Waals surface area contributed by atoms with Crippen molar-refractivity contribution in [3.05, 3.63) is 90.5 Å². The molecular weight excluding hydrogens is 456 g/mol. The lowest BCUT2D eigenvalue weighted by molar-refractivity contribution is -0.122. The quantitative estimate of drug-likeness (QED) is 0.334. The molecule has 2 N–H and O–H groups in total. The average Bonchev–Trinajstić information content (AvgIpc) is 2.85. The number of carbonyl (C=O) groups is 2. The van der Waals surface area contributed by atoms with Gasteiger partial charge in [0.25, 0.3) is 0 Å². The van der Waals surface area contributed by atoms with Crippen molar-refractivity contribution in [3.63, 3.8) is 0 Å². The summed E-state index contributed by atoms with van der Waals surface area (Å²) < 4.78 is 11.3. The van der Waals surface area contributed by atoms with Gasteiger partial charge < -0.3 is 20.1 Å². The molecule has 8 nitrogen and oxygen atoms in total. The van der Waals surface area contributed by atoms with Gasteiger partial charge in [-0.15, -0.1) is 0 Å². The second kappa shape index (κ2) is 12.6. The standard InChI is InChI=1S/C28H32N4O4/c1-20(35-19-21-11-7-5-8-12-21)25(30-27(34)36-28(2,3)4)26(33)29-22-15-17-24(18-16-22)32-31-23-13-9-6-10-14-23/h5-18,20,25H,19H2,1-4H3,(H,29,33)(H,30,34)/t20-,25+/m0/s1. The molecule has 0 spiro atoms. The summed E-state index contributed by atoms with van der Waals surface area (Å²) >= 11 is 0. The van der Waals surface area contributed by atoms with E-state index in [4.69, 9.17) is 9.47 Å². The molecule has 188 valence electrons. The number of carbonyl (C=O) groups excluding carboxylic acids is 2. The molecule has 0 saturated carbocycles. The molecule has 0 unspecified atom stereocenters. The van der Waals surface area contributed by atoms with E-state index in [1.165, 1.54) is 0 Å². The van der Waals surface area contributed by atoms with E-state index in [2.05, 4.69) is 20.9 Å². The number of rotatable bonds is 9. The highest BCUT2D eigenvalue weighted by atomic mass is 16.6. The fraction of sp³-hybridized carbons (Fsp3) is 0.286. The number of ether oxygens (including phenoxy) is 2. The Balaban J connectivity index is 1.66. The summed E-state index contributed by atoms with van der Waals surface area (Å²) in [7, 11) is 0. The summed E-state index contributed by atoms with van der Waals surface area (Å²) in [6, 6.07) is 24.9. The van der Waals surface area contributed by atoms with Crippen molar-refractivity contribution in [1.82, 2.24) is 5.32 Å². The summed E-state index contributed by atoms with van der Waals surface area (Å²) in [6.45, 7) is 7.30. The third-order valence-electron chi connectivity index (χ3n) is 4.95. The van der Waals surface area contributed by atoms with Crippen LogP contribution in [0.5, 0.6) is 0 Å². The number of azo groups is 1. The molecular formula is C28H32N4O4. The van der Waals surface area contributed by atoms with Gasteiger partial charge in [-0.3, -0.25) is 4.79 Å². The molecule has 0 heterocycles. The number of alkyl carbamates (subject to hydrolysis) is 1. The molecule has 2 amide bonds. The minimum Gasteiger partial charge on any atom is -0.444 e. The Kier molecular flexibility index (Phi) is 9.30. The molecule has 2 atom stereocenters. The fourth-order valence-electron chi connectivity index (χ4n) is 3.17. The first-order valence-electron chi connectivity index (χ1n) is 11.7. The highest BCUT2D eigenvalue weighted by Crippen LogP contribution is 2.20. The lowest BCUT2D eigenvalue weighted by Crippen LogP contribution is -2.52. The molecule has 0 radical (unpaired) electrons. The first-order chi connectivity index (χ1) is 17.2. The molecule has 0 aliphatic rings. The molecule has 3 aromatic rings. The predicted molar refractivity (Wildman–Crippen MR) is 140 cm³/mol. The van der Waals surface area contributed by atoms with Crippen LogP contribution in [0.3, 0.4) is 0 Å². The van der Waals surface area contributed by atoms with Crippen LogP contribution in [0, 0.1) is 0 Å². The Hall–Kier alpha value is -4.04. The zero-order chi connectivity index (χ0) is 26.0. The van der Waals surface area contributed by atoms with E-state index >= 15 is 0 Å². The first-order valence-corrected chi connectivity index (χ1v) is 11.7. The maximum Gasteiger partial charge on any atom is 0.408 e. The Labute approximate surface area is 211 Å². The maximum absolute atomic E-state index is 13.2. The van der Waals surface area contributed by atoms with Crippen molar-refractivity contribution in [2.24, 2.45) is 10.2 Å². The second-order valence-electron chi connectivity index (χ2n) is 9.20. The van der Waals surface area contributed by atoms with Gasteiger partial charge in [-0.05, 0) is 69.7 Å². The molecule has 0 saturated heterocycles. The Morgan fingerprint density at radius 3 is 1.97 bits per heavy atom. The van der Waals surface area contributed by atoms with Crippen molar-refractivity contribution < 1.29 is 19.1 Å². The Morgan fingerprint density at radius 1 is 0.833 bits per heavy atom. The van der Waals surface area contributed by atoms with Gasteiger partial charge in [0, 0.05) is 5.69 Å². The molecule has 0 bridgehead atoms. The molecule has 0 aliphatic carbocycles. The minimum atomic E-state index is -0.985. The largest absolute Gasteiger partial charge is 0.444 e. The highest BCUT2D eigenvalue weighted by molar-refractivity contribution is 5.97. The second-order valence-corrected chi connectivity index (χ2v) is 9.20. The van der Waals surface area contributed by atoms with Gasteiger partial charge in [0.2, 0.25) is 5.91 Å². The minimum absolute atomic E-state index is 0.295. The first kappa shape index (κ1) is 26.6. The average molecular weight is 489 g/mol. The van der Waals surface area contributed by atoms with Crippen molar-refractivity contribution in [2.75, 3.05) is 5.32 Å². The Morgan fingerprint density at radius 2 is 1.39 bits per heavy atom. The third kappa shape index (κ3) is 8.96. The zero-order valence-corrected chi connectivity index (χ0v) is 21.0. The number of amides is 2. The van der Waals surface area contributed by atoms with Crippen molar-refractivity contribution >= 4 is 29.1 Å². The van der Waals surface area contributed by atoms with Crippen molar-refractivity contribution in [3.8, 4) is 0 Å². The molecule has 0 aromatic heterocycles. The third-order valence-corrected chi connectivity index (χ3v) is 4.95. The van der Waals surface area contributed by atoms with E-state index in [9.17, 15) is 9.59 Å². The SMILES string of the molecule is C[C@H](OCc1ccccc1)[C@@H](NC(=O)OC(C)(C)C)C(=O)Nc1ccc(N=Nc2ccccc2)cc1. The molecule has 8 heteroatoms.